The topological polar surface area (TPSA) is 62.0 Å². The molecule has 0 unspecified atom stereocenters. The third-order valence-corrected chi connectivity index (χ3v) is 7.63. The van der Waals surface area contributed by atoms with Crippen molar-refractivity contribution in [2.45, 2.75) is 44.2 Å². The highest BCUT2D eigenvalue weighted by atomic mass is 35.5. The number of hydrogen-bond donors (Lipinski definition) is 1. The highest BCUT2D eigenvalue weighted by molar-refractivity contribution is 6.33. The van der Waals surface area contributed by atoms with Gasteiger partial charge in [0.05, 0.1) is 22.9 Å². The Labute approximate surface area is 221 Å². The normalized spacial score (nSPS) is 19.2. The summed E-state index contributed by atoms with van der Waals surface area (Å²) >= 11 is 6.04. The van der Waals surface area contributed by atoms with E-state index in [0.29, 0.717) is 19.1 Å². The number of carbonyl (C=O) groups is 1. The van der Waals surface area contributed by atoms with Crippen LogP contribution in [0.1, 0.15) is 29.5 Å². The summed E-state index contributed by atoms with van der Waals surface area (Å²) in [5, 5.41) is -0.188. The van der Waals surface area contributed by atoms with E-state index in [1.807, 2.05) is 30.3 Å². The van der Waals surface area contributed by atoms with Crippen LogP contribution in [-0.2, 0) is 28.7 Å². The van der Waals surface area contributed by atoms with Gasteiger partial charge in [-0.1, -0.05) is 41.9 Å². The van der Waals surface area contributed by atoms with E-state index in [9.17, 15) is 18.0 Å². The maximum absolute atomic E-state index is 13.6. The summed E-state index contributed by atoms with van der Waals surface area (Å²) in [4.78, 5) is 20.2. The van der Waals surface area contributed by atoms with Crippen LogP contribution in [0, 0.1) is 0 Å². The van der Waals surface area contributed by atoms with Crippen LogP contribution in [0.2, 0.25) is 5.02 Å². The maximum Gasteiger partial charge on any atom is 0.418 e. The molecular formula is C27H34ClF3N4O2. The highest BCUT2D eigenvalue weighted by Crippen LogP contribution is 2.38. The molecule has 2 N–H and O–H groups in total. The number of likely N-dealkylation sites (N-methyl/N-ethyl adjacent to an activating group) is 1. The molecule has 2 fully saturated rings. The lowest BCUT2D eigenvalue weighted by Gasteiger charge is -2.42. The van der Waals surface area contributed by atoms with Gasteiger partial charge in [0.25, 0.3) is 5.91 Å². The molecule has 0 spiro atoms. The molecule has 0 saturated carbocycles. The van der Waals surface area contributed by atoms with Crippen LogP contribution in [-0.4, -0.2) is 79.1 Å². The average molecular weight is 539 g/mol. The average Bonchev–Trinajstić information content (AvgIpc) is 2.88. The van der Waals surface area contributed by atoms with Crippen LogP contribution in [0.5, 0.6) is 0 Å². The molecule has 202 valence electrons. The van der Waals surface area contributed by atoms with Crippen molar-refractivity contribution in [1.29, 1.82) is 0 Å². The lowest BCUT2D eigenvalue weighted by atomic mass is 9.99. The van der Waals surface area contributed by atoms with E-state index in [1.165, 1.54) is 6.07 Å². The first-order chi connectivity index (χ1) is 17.6. The zero-order valence-electron chi connectivity index (χ0n) is 21.0. The van der Waals surface area contributed by atoms with Gasteiger partial charge in [0.15, 0.2) is 0 Å². The second-order valence-electron chi connectivity index (χ2n) is 9.92. The van der Waals surface area contributed by atoms with Gasteiger partial charge in [0.2, 0.25) is 0 Å². The van der Waals surface area contributed by atoms with Crippen molar-refractivity contribution < 1.29 is 22.7 Å². The van der Waals surface area contributed by atoms with Gasteiger partial charge in [-0.2, -0.15) is 13.2 Å². The van der Waals surface area contributed by atoms with Gasteiger partial charge in [-0.15, -0.1) is 0 Å². The Hall–Kier alpha value is -2.33. The van der Waals surface area contributed by atoms with E-state index < -0.39 is 23.5 Å². The Bertz CT molecular complexity index is 1050. The monoisotopic (exact) mass is 538 g/mol. The molecular weight excluding hydrogens is 505 g/mol. The van der Waals surface area contributed by atoms with Crippen LogP contribution < -0.4 is 5.73 Å². The molecule has 0 aromatic heterocycles. The number of hydrogen-bond acceptors (Lipinski definition) is 5. The summed E-state index contributed by atoms with van der Waals surface area (Å²) in [6, 6.07) is 12.2. The summed E-state index contributed by atoms with van der Waals surface area (Å²) in [5.41, 5.74) is 5.21. The lowest BCUT2D eigenvalue weighted by Crippen LogP contribution is -2.54. The zero-order chi connectivity index (χ0) is 26.6. The number of carbonyl (C=O) groups excluding carboxylic acids is 1. The van der Waals surface area contributed by atoms with Crippen LogP contribution >= 0.6 is 11.6 Å². The van der Waals surface area contributed by atoms with Crippen LogP contribution in [0.15, 0.2) is 42.5 Å². The second kappa shape index (κ2) is 12.0. The third-order valence-electron chi connectivity index (χ3n) is 7.32. The quantitative estimate of drug-likeness (QED) is 0.532. The molecule has 2 aliphatic heterocycles. The number of amides is 1. The van der Waals surface area contributed by atoms with Crippen molar-refractivity contribution in [2.24, 2.45) is 0 Å². The second-order valence-corrected chi connectivity index (χ2v) is 10.3. The molecule has 1 amide bonds. The summed E-state index contributed by atoms with van der Waals surface area (Å²) in [7, 11) is 2.13. The predicted octanol–water partition coefficient (Wildman–Crippen LogP) is 4.31. The molecule has 2 heterocycles. The van der Waals surface area contributed by atoms with E-state index in [4.69, 9.17) is 22.1 Å². The molecule has 2 aromatic carbocycles. The lowest BCUT2D eigenvalue weighted by molar-refractivity contribution is -0.146. The number of nitrogens with two attached hydrogens (primary N) is 1. The van der Waals surface area contributed by atoms with Crippen LogP contribution in [0.3, 0.4) is 0 Å². The molecule has 2 aliphatic rings. The van der Waals surface area contributed by atoms with E-state index in [1.54, 1.807) is 4.90 Å². The molecule has 37 heavy (non-hydrogen) atoms. The molecule has 1 atom stereocenters. The van der Waals surface area contributed by atoms with Gasteiger partial charge in [-0.3, -0.25) is 9.69 Å². The number of piperidine rings is 1. The number of nitrogens with zero attached hydrogens (tertiary/aromatic N) is 3. The van der Waals surface area contributed by atoms with Crippen LogP contribution in [0.25, 0.3) is 0 Å². The minimum atomic E-state index is -4.65. The molecule has 0 radical (unpaired) electrons. The summed E-state index contributed by atoms with van der Waals surface area (Å²) in [6.45, 7) is 5.49. The number of piperazine rings is 1. The molecule has 10 heteroatoms. The van der Waals surface area contributed by atoms with E-state index in [0.717, 1.165) is 50.7 Å². The number of anilines is 1. The van der Waals surface area contributed by atoms with Gasteiger partial charge < -0.3 is 20.3 Å². The Morgan fingerprint density at radius 1 is 1.05 bits per heavy atom. The SMILES string of the molecule is CN1CCN(C2CCN(C(=O)[C@@H](Cc3cc(Cl)c(N)c(C(F)(F)F)c3)OCc3ccccc3)CC2)CC1. The predicted molar refractivity (Wildman–Crippen MR) is 138 cm³/mol. The summed E-state index contributed by atoms with van der Waals surface area (Å²) in [6.07, 6.45) is -3.90. The van der Waals surface area contributed by atoms with Crippen molar-refractivity contribution in [2.75, 3.05) is 52.0 Å². The smallest absolute Gasteiger partial charge is 0.397 e. The number of rotatable bonds is 7. The first-order valence-corrected chi connectivity index (χ1v) is 13.0. The number of likely N-dealkylation sites (tertiary alicyclic amines) is 1. The van der Waals surface area contributed by atoms with Gasteiger partial charge in [0.1, 0.15) is 6.10 Å². The number of halogens is 4. The maximum atomic E-state index is 13.6. The van der Waals surface area contributed by atoms with Crippen molar-refractivity contribution >= 4 is 23.2 Å². The van der Waals surface area contributed by atoms with Gasteiger partial charge >= 0.3 is 6.18 Å². The fraction of sp³-hybridized carbons (Fsp3) is 0.519. The Balaban J connectivity index is 1.47. The molecule has 2 saturated heterocycles. The minimum Gasteiger partial charge on any atom is -0.397 e. The summed E-state index contributed by atoms with van der Waals surface area (Å²) in [5.74, 6) is -0.214. The molecule has 6 nitrogen and oxygen atoms in total. The third kappa shape index (κ3) is 7.16. The fourth-order valence-electron chi connectivity index (χ4n) is 5.07. The van der Waals surface area contributed by atoms with Crippen molar-refractivity contribution in [3.05, 3.63) is 64.2 Å². The molecule has 4 rings (SSSR count). The van der Waals surface area contributed by atoms with Crippen molar-refractivity contribution in [1.82, 2.24) is 14.7 Å². The Morgan fingerprint density at radius 2 is 1.70 bits per heavy atom. The molecule has 2 aromatic rings. The van der Waals surface area contributed by atoms with Gasteiger partial charge in [-0.25, -0.2) is 0 Å². The minimum absolute atomic E-state index is 0.0346. The number of benzene rings is 2. The Morgan fingerprint density at radius 3 is 2.32 bits per heavy atom. The van der Waals surface area contributed by atoms with Crippen molar-refractivity contribution in [3.63, 3.8) is 0 Å². The fourth-order valence-corrected chi connectivity index (χ4v) is 5.31. The molecule has 0 bridgehead atoms. The first kappa shape index (κ1) is 27.7. The van der Waals surface area contributed by atoms with E-state index in [2.05, 4.69) is 16.8 Å². The zero-order valence-corrected chi connectivity index (χ0v) is 21.8. The van der Waals surface area contributed by atoms with Crippen molar-refractivity contribution in [3.8, 4) is 0 Å². The number of ether oxygens (including phenoxy) is 1. The Kier molecular flexibility index (Phi) is 9.00. The molecule has 0 aliphatic carbocycles. The number of nitrogen functional groups attached to an aromatic ring is 1. The van der Waals surface area contributed by atoms with Crippen LogP contribution in [0.4, 0.5) is 18.9 Å². The van der Waals surface area contributed by atoms with Gasteiger partial charge in [0, 0.05) is 51.7 Å². The standard InChI is InChI=1S/C27H34ClF3N4O2/c1-33-11-13-34(14-12-33)21-7-9-35(10-8-21)26(36)24(37-18-19-5-3-2-4-6-19)17-20-15-22(27(29,30)31)25(32)23(28)16-20/h2-6,15-16,21,24H,7-14,17-18,32H2,1H3/t24-/m1/s1. The highest BCUT2D eigenvalue weighted by Gasteiger charge is 2.36. The van der Waals surface area contributed by atoms with E-state index >= 15 is 0 Å². The van der Waals surface area contributed by atoms with Gasteiger partial charge in [-0.05, 0) is 43.1 Å². The number of alkyl halides is 3. The first-order valence-electron chi connectivity index (χ1n) is 12.6. The summed E-state index contributed by atoms with van der Waals surface area (Å²) < 4.78 is 46.6. The van der Waals surface area contributed by atoms with E-state index in [-0.39, 0.29) is 29.5 Å². The largest absolute Gasteiger partial charge is 0.418 e.